The van der Waals surface area contributed by atoms with E-state index in [9.17, 15) is 13.2 Å². The van der Waals surface area contributed by atoms with Crippen LogP contribution in [0.15, 0.2) is 6.20 Å². The number of rotatable bonds is 9. The highest BCUT2D eigenvalue weighted by Gasteiger charge is 2.54. The highest BCUT2D eigenvalue weighted by Crippen LogP contribution is 2.37. The van der Waals surface area contributed by atoms with Gasteiger partial charge in [-0.2, -0.15) is 0 Å². The fourth-order valence-corrected chi connectivity index (χ4v) is 7.62. The van der Waals surface area contributed by atoms with E-state index in [-0.39, 0.29) is 32.0 Å². The second-order valence-electron chi connectivity index (χ2n) is 8.20. The van der Waals surface area contributed by atoms with Crippen molar-refractivity contribution >= 4 is 27.3 Å². The highest BCUT2D eigenvalue weighted by molar-refractivity contribution is 7.91. The minimum atomic E-state index is -3.91. The van der Waals surface area contributed by atoms with Crippen LogP contribution in [-0.2, 0) is 26.0 Å². The Morgan fingerprint density at radius 3 is 2.63 bits per heavy atom. The Morgan fingerprint density at radius 2 is 2.00 bits per heavy atom. The summed E-state index contributed by atoms with van der Waals surface area (Å²) in [6.07, 6.45) is 9.43. The Kier molecular flexibility index (Phi) is 8.25. The number of hydrogen-bond donors (Lipinski definition) is 2. The summed E-state index contributed by atoms with van der Waals surface area (Å²) in [7, 11) is -3.91. The molecular formula is C20H33N3O5S2. The average Bonchev–Trinajstić information content (AvgIpc) is 3.25. The molecule has 0 aliphatic carbocycles. The summed E-state index contributed by atoms with van der Waals surface area (Å²) in [6, 6.07) is 0. The Balaban J connectivity index is 1.62. The molecule has 170 valence electrons. The van der Waals surface area contributed by atoms with Gasteiger partial charge in [-0.05, 0) is 25.7 Å². The molecule has 30 heavy (non-hydrogen) atoms. The molecule has 3 heterocycles. The zero-order valence-electron chi connectivity index (χ0n) is 17.6. The summed E-state index contributed by atoms with van der Waals surface area (Å²) < 4.78 is 31.8. The summed E-state index contributed by atoms with van der Waals surface area (Å²) in [5, 5.41) is 10.3. The summed E-state index contributed by atoms with van der Waals surface area (Å²) in [5.74, 6) is -0.608. The first kappa shape index (κ1) is 23.6. The lowest BCUT2D eigenvalue weighted by Gasteiger charge is -2.40. The molecule has 2 saturated heterocycles. The summed E-state index contributed by atoms with van der Waals surface area (Å²) >= 11 is 1.75. The third-order valence-electron chi connectivity index (χ3n) is 6.30. The predicted molar refractivity (Wildman–Crippen MR) is 115 cm³/mol. The van der Waals surface area contributed by atoms with Crippen molar-refractivity contribution in [3.63, 3.8) is 0 Å². The molecule has 0 atom stereocenters. The van der Waals surface area contributed by atoms with E-state index in [1.54, 1.807) is 16.8 Å². The van der Waals surface area contributed by atoms with E-state index in [2.05, 4.69) is 11.9 Å². The van der Waals surface area contributed by atoms with Gasteiger partial charge in [-0.3, -0.25) is 10.0 Å². The summed E-state index contributed by atoms with van der Waals surface area (Å²) in [5.41, 5.74) is 1.57. The van der Waals surface area contributed by atoms with Crippen molar-refractivity contribution in [2.45, 2.75) is 75.4 Å². The molecule has 0 radical (unpaired) electrons. The number of amides is 1. The Hall–Kier alpha value is -1.07. The number of hydrogen-bond acceptors (Lipinski definition) is 7. The van der Waals surface area contributed by atoms with Gasteiger partial charge in [-0.15, -0.1) is 11.3 Å². The summed E-state index contributed by atoms with van der Waals surface area (Å²) in [4.78, 5) is 18.3. The standard InChI is InChI=1S/C20H33N3O5S2/c1-2-3-4-5-6-17-15-21-18(29-17)16-7-11-23(12-8-16)30(26,27)20(19(24)22-25)9-13-28-14-10-20/h15-16,25H,2-14H2,1H3,(H,22,24). The van der Waals surface area contributed by atoms with Crippen molar-refractivity contribution in [2.75, 3.05) is 26.3 Å². The number of nitrogens with zero attached hydrogens (tertiary/aromatic N) is 2. The van der Waals surface area contributed by atoms with Gasteiger partial charge in [0.1, 0.15) is 0 Å². The van der Waals surface area contributed by atoms with E-state index in [1.165, 1.54) is 34.9 Å². The average molecular weight is 460 g/mol. The van der Waals surface area contributed by atoms with Gasteiger partial charge in [0, 0.05) is 56.1 Å². The first-order chi connectivity index (χ1) is 14.4. The van der Waals surface area contributed by atoms with Crippen LogP contribution in [0.4, 0.5) is 0 Å². The van der Waals surface area contributed by atoms with Crippen molar-refractivity contribution in [3.8, 4) is 0 Å². The van der Waals surface area contributed by atoms with Gasteiger partial charge in [0.25, 0.3) is 5.91 Å². The van der Waals surface area contributed by atoms with Gasteiger partial charge in [-0.25, -0.2) is 23.2 Å². The number of carbonyl (C=O) groups excluding carboxylic acids is 1. The normalized spacial score (nSPS) is 20.9. The molecule has 1 aromatic heterocycles. The number of piperidine rings is 1. The molecule has 2 N–H and O–H groups in total. The fourth-order valence-electron chi connectivity index (χ4n) is 4.35. The zero-order chi connectivity index (χ0) is 21.6. The molecule has 1 aromatic rings. The van der Waals surface area contributed by atoms with Gasteiger partial charge >= 0.3 is 0 Å². The van der Waals surface area contributed by atoms with Gasteiger partial charge in [0.05, 0.1) is 5.01 Å². The van der Waals surface area contributed by atoms with Crippen LogP contribution >= 0.6 is 11.3 Å². The number of sulfonamides is 1. The number of thiazole rings is 1. The van der Waals surface area contributed by atoms with E-state index >= 15 is 0 Å². The largest absolute Gasteiger partial charge is 0.381 e. The van der Waals surface area contributed by atoms with E-state index in [4.69, 9.17) is 9.94 Å². The molecule has 8 nitrogen and oxygen atoms in total. The van der Waals surface area contributed by atoms with Gasteiger partial charge < -0.3 is 4.74 Å². The Labute approximate surface area is 183 Å². The Bertz CT molecular complexity index is 797. The second kappa shape index (κ2) is 10.5. The monoisotopic (exact) mass is 459 g/mol. The lowest BCUT2D eigenvalue weighted by molar-refractivity contribution is -0.134. The van der Waals surface area contributed by atoms with E-state index < -0.39 is 20.7 Å². The van der Waals surface area contributed by atoms with Crippen molar-refractivity contribution in [1.29, 1.82) is 0 Å². The number of nitrogens with one attached hydrogen (secondary N) is 1. The van der Waals surface area contributed by atoms with E-state index in [1.807, 2.05) is 6.20 Å². The van der Waals surface area contributed by atoms with Crippen LogP contribution in [-0.4, -0.2) is 59.9 Å². The van der Waals surface area contributed by atoms with Gasteiger partial charge in [0.15, 0.2) is 4.75 Å². The maximum atomic E-state index is 13.4. The summed E-state index contributed by atoms with van der Waals surface area (Å²) in [6.45, 7) is 3.30. The molecule has 0 aromatic carbocycles. The SMILES string of the molecule is CCCCCCc1cnc(C2CCN(S(=O)(=O)C3(C(=O)NO)CCOCC3)CC2)s1. The van der Waals surface area contributed by atoms with Crippen LogP contribution < -0.4 is 5.48 Å². The molecule has 1 amide bonds. The number of ether oxygens (including phenoxy) is 1. The first-order valence-corrected chi connectivity index (χ1v) is 13.2. The number of aryl methyl sites for hydroxylation is 1. The molecule has 3 rings (SSSR count). The van der Waals surface area contributed by atoms with Crippen molar-refractivity contribution in [1.82, 2.24) is 14.8 Å². The predicted octanol–water partition coefficient (Wildman–Crippen LogP) is 2.83. The van der Waals surface area contributed by atoms with E-state index in [0.717, 1.165) is 11.4 Å². The molecule has 0 saturated carbocycles. The van der Waals surface area contributed by atoms with Crippen LogP contribution in [0, 0.1) is 0 Å². The third-order valence-corrected chi connectivity index (χ3v) is 10.1. The fraction of sp³-hybridized carbons (Fsp3) is 0.800. The molecule has 0 bridgehead atoms. The van der Waals surface area contributed by atoms with Crippen LogP contribution in [0.25, 0.3) is 0 Å². The molecular weight excluding hydrogens is 426 g/mol. The third kappa shape index (κ3) is 4.88. The van der Waals surface area contributed by atoms with Gasteiger partial charge in [-0.1, -0.05) is 26.2 Å². The van der Waals surface area contributed by atoms with E-state index in [0.29, 0.717) is 25.9 Å². The smallest absolute Gasteiger partial charge is 0.266 e. The maximum Gasteiger partial charge on any atom is 0.266 e. The minimum absolute atomic E-state index is 0.0511. The molecule has 10 heteroatoms. The minimum Gasteiger partial charge on any atom is -0.381 e. The van der Waals surface area contributed by atoms with Crippen molar-refractivity contribution < 1.29 is 23.2 Å². The zero-order valence-corrected chi connectivity index (χ0v) is 19.3. The van der Waals surface area contributed by atoms with Crippen molar-refractivity contribution in [3.05, 3.63) is 16.1 Å². The number of unbranched alkanes of at least 4 members (excludes halogenated alkanes) is 3. The molecule has 2 fully saturated rings. The van der Waals surface area contributed by atoms with Crippen LogP contribution in [0.3, 0.4) is 0 Å². The van der Waals surface area contributed by atoms with Crippen LogP contribution in [0.2, 0.25) is 0 Å². The van der Waals surface area contributed by atoms with Gasteiger partial charge in [0.2, 0.25) is 10.0 Å². The maximum absolute atomic E-state index is 13.4. The number of carbonyl (C=O) groups is 1. The molecule has 2 aliphatic rings. The first-order valence-electron chi connectivity index (χ1n) is 10.9. The lowest BCUT2D eigenvalue weighted by atomic mass is 9.98. The number of aromatic nitrogens is 1. The molecule has 2 aliphatic heterocycles. The molecule has 0 spiro atoms. The molecule has 0 unspecified atom stereocenters. The Morgan fingerprint density at radius 1 is 1.30 bits per heavy atom. The van der Waals surface area contributed by atoms with Crippen LogP contribution in [0.1, 0.15) is 74.1 Å². The topological polar surface area (TPSA) is 109 Å². The number of hydroxylamine groups is 1. The second-order valence-corrected chi connectivity index (χ2v) is 11.6. The lowest BCUT2D eigenvalue weighted by Crippen LogP contribution is -2.60. The highest BCUT2D eigenvalue weighted by atomic mass is 32.2. The quantitative estimate of drug-likeness (QED) is 0.334. The van der Waals surface area contributed by atoms with Crippen LogP contribution in [0.5, 0.6) is 0 Å². The van der Waals surface area contributed by atoms with Crippen molar-refractivity contribution in [2.24, 2.45) is 0 Å².